The highest BCUT2D eigenvalue weighted by Gasteiger charge is 2.35. The van der Waals surface area contributed by atoms with Gasteiger partial charge in [0.2, 0.25) is 5.91 Å². The lowest BCUT2D eigenvalue weighted by Gasteiger charge is -2.33. The van der Waals surface area contributed by atoms with Crippen molar-refractivity contribution in [3.63, 3.8) is 0 Å². The van der Waals surface area contributed by atoms with Crippen LogP contribution in [0.2, 0.25) is 0 Å². The molecule has 28 heavy (non-hydrogen) atoms. The minimum absolute atomic E-state index is 0.0278. The van der Waals surface area contributed by atoms with Gasteiger partial charge in [0.1, 0.15) is 0 Å². The number of hydrogen-bond acceptors (Lipinski definition) is 4. The van der Waals surface area contributed by atoms with Gasteiger partial charge in [-0.1, -0.05) is 41.0 Å². The highest BCUT2D eigenvalue weighted by molar-refractivity contribution is 5.93. The van der Waals surface area contributed by atoms with Crippen LogP contribution in [0.5, 0.6) is 0 Å². The summed E-state index contributed by atoms with van der Waals surface area (Å²) in [5, 5.41) is 8.86. The largest absolute Gasteiger partial charge is 0.352 e. The molecule has 0 heterocycles. The zero-order valence-electron chi connectivity index (χ0n) is 19.1. The van der Waals surface area contributed by atoms with E-state index < -0.39 is 23.5 Å². The van der Waals surface area contributed by atoms with Gasteiger partial charge in [-0.3, -0.25) is 9.59 Å². The standard InChI is InChI=1S/C21H42N4O3/c1-9-12-21(7,8)17(26)15(11-10-13-23-19(22)28)24-18(27)16(14(2)3)25-20(4,5)6/h14-16,25H,9-13H2,1-8H3,(H,24,27)(H3,22,23,28). The fourth-order valence-corrected chi connectivity index (χ4v) is 3.27. The number of hydrogen-bond donors (Lipinski definition) is 4. The maximum Gasteiger partial charge on any atom is 0.312 e. The van der Waals surface area contributed by atoms with Crippen LogP contribution in [-0.4, -0.2) is 41.9 Å². The molecule has 7 heteroatoms. The molecule has 164 valence electrons. The maximum atomic E-state index is 13.1. The van der Waals surface area contributed by atoms with Gasteiger partial charge in [0.25, 0.3) is 0 Å². The summed E-state index contributed by atoms with van der Waals surface area (Å²) in [6, 6.07) is -1.58. The van der Waals surface area contributed by atoms with E-state index in [9.17, 15) is 14.4 Å². The van der Waals surface area contributed by atoms with E-state index in [1.165, 1.54) is 0 Å². The third kappa shape index (κ3) is 10.1. The molecule has 0 aliphatic carbocycles. The fourth-order valence-electron chi connectivity index (χ4n) is 3.27. The maximum absolute atomic E-state index is 13.1. The van der Waals surface area contributed by atoms with Gasteiger partial charge in [-0.15, -0.1) is 0 Å². The van der Waals surface area contributed by atoms with Crippen molar-refractivity contribution in [2.75, 3.05) is 6.54 Å². The molecular weight excluding hydrogens is 356 g/mol. The Morgan fingerprint density at radius 1 is 1.04 bits per heavy atom. The Hall–Kier alpha value is -1.63. The first-order valence-corrected chi connectivity index (χ1v) is 10.4. The monoisotopic (exact) mass is 398 g/mol. The van der Waals surface area contributed by atoms with Crippen molar-refractivity contribution >= 4 is 17.7 Å². The quantitative estimate of drug-likeness (QED) is 0.379. The number of urea groups is 1. The molecule has 0 radical (unpaired) electrons. The molecule has 0 aromatic heterocycles. The highest BCUT2D eigenvalue weighted by atomic mass is 16.2. The Kier molecular flexibility index (Phi) is 10.7. The van der Waals surface area contributed by atoms with Crippen LogP contribution in [0.4, 0.5) is 4.79 Å². The van der Waals surface area contributed by atoms with Gasteiger partial charge < -0.3 is 21.7 Å². The van der Waals surface area contributed by atoms with Gasteiger partial charge >= 0.3 is 6.03 Å². The van der Waals surface area contributed by atoms with E-state index in [2.05, 4.69) is 16.0 Å². The highest BCUT2D eigenvalue weighted by Crippen LogP contribution is 2.26. The predicted molar refractivity (Wildman–Crippen MR) is 114 cm³/mol. The Morgan fingerprint density at radius 2 is 1.61 bits per heavy atom. The number of nitrogens with one attached hydrogen (secondary N) is 3. The van der Waals surface area contributed by atoms with E-state index in [0.29, 0.717) is 19.4 Å². The first kappa shape index (κ1) is 26.4. The van der Waals surface area contributed by atoms with E-state index >= 15 is 0 Å². The number of Topliss-reactive ketones (excluding diaryl/α,β-unsaturated/α-hetero) is 1. The molecule has 0 aromatic rings. The zero-order chi connectivity index (χ0) is 22.1. The number of carbonyl (C=O) groups excluding carboxylic acids is 3. The molecule has 2 unspecified atom stereocenters. The molecule has 0 saturated heterocycles. The summed E-state index contributed by atoms with van der Waals surface area (Å²) in [4.78, 5) is 37.0. The lowest BCUT2D eigenvalue weighted by atomic mass is 9.79. The van der Waals surface area contributed by atoms with Crippen molar-refractivity contribution in [1.82, 2.24) is 16.0 Å². The van der Waals surface area contributed by atoms with E-state index in [4.69, 9.17) is 5.73 Å². The Labute approximate surface area is 171 Å². The number of rotatable bonds is 12. The normalized spacial score (nSPS) is 14.5. The van der Waals surface area contributed by atoms with E-state index in [0.717, 1.165) is 12.8 Å². The summed E-state index contributed by atoms with van der Waals surface area (Å²) >= 11 is 0. The molecule has 0 bridgehead atoms. The molecule has 2 atom stereocenters. The molecule has 5 N–H and O–H groups in total. The van der Waals surface area contributed by atoms with Crippen molar-refractivity contribution in [3.8, 4) is 0 Å². The van der Waals surface area contributed by atoms with Gasteiger partial charge in [-0.25, -0.2) is 4.79 Å². The van der Waals surface area contributed by atoms with Crippen molar-refractivity contribution in [1.29, 1.82) is 0 Å². The summed E-state index contributed by atoms with van der Waals surface area (Å²) in [5.74, 6) is -0.0615. The third-order valence-electron chi connectivity index (χ3n) is 4.68. The van der Waals surface area contributed by atoms with E-state index in [-0.39, 0.29) is 23.1 Å². The van der Waals surface area contributed by atoms with Crippen LogP contribution in [0.15, 0.2) is 0 Å². The smallest absolute Gasteiger partial charge is 0.312 e. The Balaban J connectivity index is 5.33. The van der Waals surface area contributed by atoms with Gasteiger partial charge in [0, 0.05) is 17.5 Å². The molecular formula is C21H42N4O3. The topological polar surface area (TPSA) is 113 Å². The summed E-state index contributed by atoms with van der Waals surface area (Å²) in [6.45, 7) is 16.3. The number of amides is 3. The molecule has 0 aliphatic rings. The van der Waals surface area contributed by atoms with Crippen LogP contribution >= 0.6 is 0 Å². The van der Waals surface area contributed by atoms with E-state index in [1.807, 2.05) is 55.4 Å². The van der Waals surface area contributed by atoms with Gasteiger partial charge in [-0.2, -0.15) is 0 Å². The van der Waals surface area contributed by atoms with Crippen LogP contribution in [0, 0.1) is 11.3 Å². The second-order valence-corrected chi connectivity index (χ2v) is 9.61. The van der Waals surface area contributed by atoms with Crippen molar-refractivity contribution in [2.24, 2.45) is 17.1 Å². The van der Waals surface area contributed by atoms with Crippen molar-refractivity contribution in [3.05, 3.63) is 0 Å². The molecule has 0 saturated carbocycles. The van der Waals surface area contributed by atoms with Gasteiger partial charge in [0.05, 0.1) is 12.1 Å². The number of nitrogens with two attached hydrogens (primary N) is 1. The van der Waals surface area contributed by atoms with Crippen molar-refractivity contribution < 1.29 is 14.4 Å². The number of ketones is 1. The number of carbonyl (C=O) groups is 3. The minimum Gasteiger partial charge on any atom is -0.352 e. The molecule has 0 aliphatic heterocycles. The Bertz CT molecular complexity index is 524. The lowest BCUT2D eigenvalue weighted by Crippen LogP contribution is -2.57. The predicted octanol–water partition coefficient (Wildman–Crippen LogP) is 2.73. The molecule has 3 amide bonds. The van der Waals surface area contributed by atoms with Crippen LogP contribution < -0.4 is 21.7 Å². The fraction of sp³-hybridized carbons (Fsp3) is 0.857. The molecule has 0 rings (SSSR count). The van der Waals surface area contributed by atoms with Gasteiger partial charge in [0.15, 0.2) is 5.78 Å². The lowest BCUT2D eigenvalue weighted by molar-refractivity contribution is -0.134. The Morgan fingerprint density at radius 3 is 2.04 bits per heavy atom. The molecule has 0 aromatic carbocycles. The summed E-state index contributed by atoms with van der Waals surface area (Å²) in [7, 11) is 0. The SMILES string of the molecule is CCCC(C)(C)C(=O)C(CCCNC(N)=O)NC(=O)C(NC(C)(C)C)C(C)C. The van der Waals surface area contributed by atoms with E-state index in [1.54, 1.807) is 0 Å². The average Bonchev–Trinajstić information content (AvgIpc) is 2.53. The summed E-state index contributed by atoms with van der Waals surface area (Å²) < 4.78 is 0. The summed E-state index contributed by atoms with van der Waals surface area (Å²) in [5.41, 5.74) is 4.35. The third-order valence-corrected chi connectivity index (χ3v) is 4.68. The second-order valence-electron chi connectivity index (χ2n) is 9.61. The first-order chi connectivity index (χ1) is 12.7. The molecule has 0 spiro atoms. The molecule has 0 fully saturated rings. The van der Waals surface area contributed by atoms with Crippen LogP contribution in [0.1, 0.15) is 81.1 Å². The molecule has 7 nitrogen and oxygen atoms in total. The minimum atomic E-state index is -0.591. The first-order valence-electron chi connectivity index (χ1n) is 10.4. The van der Waals surface area contributed by atoms with Crippen LogP contribution in [-0.2, 0) is 9.59 Å². The number of primary amides is 1. The zero-order valence-corrected chi connectivity index (χ0v) is 19.1. The average molecular weight is 399 g/mol. The van der Waals surface area contributed by atoms with Gasteiger partial charge in [-0.05, 0) is 46.0 Å². The second kappa shape index (κ2) is 11.4. The van der Waals surface area contributed by atoms with Crippen LogP contribution in [0.25, 0.3) is 0 Å². The summed E-state index contributed by atoms with van der Waals surface area (Å²) in [6.07, 6.45) is 2.66. The van der Waals surface area contributed by atoms with Crippen molar-refractivity contribution in [2.45, 2.75) is 98.7 Å². The van der Waals surface area contributed by atoms with Crippen LogP contribution in [0.3, 0.4) is 0 Å².